The summed E-state index contributed by atoms with van der Waals surface area (Å²) in [4.78, 5) is 0. The predicted octanol–water partition coefficient (Wildman–Crippen LogP) is 4.64. The number of nitrogens with two attached hydrogens (primary N) is 1. The zero-order chi connectivity index (χ0) is 15.4. The number of hydrogen-bond donors (Lipinski definition) is 1. The summed E-state index contributed by atoms with van der Waals surface area (Å²) in [6.45, 7) is 3.81. The van der Waals surface area contributed by atoms with Crippen LogP contribution in [0.15, 0.2) is 42.5 Å². The second-order valence-corrected chi connectivity index (χ2v) is 5.51. The first kappa shape index (κ1) is 15.8. The summed E-state index contributed by atoms with van der Waals surface area (Å²) in [5.74, 6) is 0.351. The minimum Gasteiger partial charge on any atom is -0.484 e. The Balaban J connectivity index is 2.33. The molecule has 112 valence electrons. The van der Waals surface area contributed by atoms with Crippen molar-refractivity contribution in [1.82, 2.24) is 0 Å². The van der Waals surface area contributed by atoms with E-state index in [2.05, 4.69) is 0 Å². The summed E-state index contributed by atoms with van der Waals surface area (Å²) < 4.78 is 19.2. The molecule has 2 N–H and O–H groups in total. The van der Waals surface area contributed by atoms with Crippen molar-refractivity contribution in [3.8, 4) is 5.75 Å². The molecule has 0 aliphatic heterocycles. The van der Waals surface area contributed by atoms with Gasteiger partial charge in [-0.15, -0.1) is 0 Å². The Morgan fingerprint density at radius 1 is 1.24 bits per heavy atom. The van der Waals surface area contributed by atoms with E-state index in [0.29, 0.717) is 10.8 Å². The molecule has 0 saturated carbocycles. The van der Waals surface area contributed by atoms with E-state index in [-0.39, 0.29) is 18.0 Å². The van der Waals surface area contributed by atoms with Gasteiger partial charge in [0.2, 0.25) is 0 Å². The molecule has 4 heteroatoms. The molecule has 0 aromatic heterocycles. The van der Waals surface area contributed by atoms with Gasteiger partial charge in [0.15, 0.2) is 0 Å². The van der Waals surface area contributed by atoms with E-state index in [9.17, 15) is 4.39 Å². The van der Waals surface area contributed by atoms with Crippen LogP contribution in [0.5, 0.6) is 5.75 Å². The van der Waals surface area contributed by atoms with Gasteiger partial charge in [-0.1, -0.05) is 30.7 Å². The van der Waals surface area contributed by atoms with Crippen LogP contribution in [-0.4, -0.2) is 6.04 Å². The molecule has 2 aromatic rings. The van der Waals surface area contributed by atoms with Crippen LogP contribution in [0.2, 0.25) is 5.02 Å². The van der Waals surface area contributed by atoms with Crippen molar-refractivity contribution < 1.29 is 9.13 Å². The van der Waals surface area contributed by atoms with E-state index in [4.69, 9.17) is 22.1 Å². The van der Waals surface area contributed by atoms with Crippen LogP contribution >= 0.6 is 11.6 Å². The van der Waals surface area contributed by atoms with Crippen molar-refractivity contribution in [3.63, 3.8) is 0 Å². The fourth-order valence-electron chi connectivity index (χ4n) is 2.18. The van der Waals surface area contributed by atoms with Crippen LogP contribution in [0.1, 0.15) is 30.6 Å². The van der Waals surface area contributed by atoms with Crippen molar-refractivity contribution in [2.24, 2.45) is 5.73 Å². The molecular weight excluding hydrogens is 289 g/mol. The van der Waals surface area contributed by atoms with Crippen LogP contribution in [-0.2, 0) is 0 Å². The first-order valence-corrected chi connectivity index (χ1v) is 7.33. The van der Waals surface area contributed by atoms with E-state index >= 15 is 0 Å². The van der Waals surface area contributed by atoms with Gasteiger partial charge in [0.05, 0.1) is 0 Å². The van der Waals surface area contributed by atoms with Crippen molar-refractivity contribution in [3.05, 3.63) is 64.4 Å². The van der Waals surface area contributed by atoms with Crippen molar-refractivity contribution >= 4 is 11.6 Å². The number of hydrogen-bond acceptors (Lipinski definition) is 2. The summed E-state index contributed by atoms with van der Waals surface area (Å²) in [6.07, 6.45) is 0.440. The standard InChI is InChI=1S/C17H19ClFNO/c1-3-15(20)17(12-5-4-6-13(18)10-12)21-16-8-7-14(19)9-11(16)2/h4-10,15,17H,3,20H2,1-2H3. The van der Waals surface area contributed by atoms with E-state index < -0.39 is 0 Å². The van der Waals surface area contributed by atoms with Gasteiger partial charge in [0, 0.05) is 11.1 Å². The Morgan fingerprint density at radius 3 is 2.62 bits per heavy atom. The molecule has 0 fully saturated rings. The zero-order valence-electron chi connectivity index (χ0n) is 12.1. The maximum Gasteiger partial charge on any atom is 0.139 e. The summed E-state index contributed by atoms with van der Waals surface area (Å²) in [5, 5.41) is 0.639. The highest BCUT2D eigenvalue weighted by molar-refractivity contribution is 6.30. The molecule has 0 heterocycles. The molecular formula is C17H19ClFNO. The Bertz CT molecular complexity index is 617. The van der Waals surface area contributed by atoms with E-state index in [1.54, 1.807) is 6.07 Å². The molecule has 2 rings (SSSR count). The SMILES string of the molecule is CCC(N)C(Oc1ccc(F)cc1C)c1cccc(Cl)c1. The van der Waals surface area contributed by atoms with Crippen LogP contribution in [0, 0.1) is 12.7 Å². The Hall–Kier alpha value is -1.58. The number of benzene rings is 2. The van der Waals surface area contributed by atoms with Gasteiger partial charge in [-0.3, -0.25) is 0 Å². The van der Waals surface area contributed by atoms with E-state index in [0.717, 1.165) is 17.5 Å². The summed E-state index contributed by atoms with van der Waals surface area (Å²) in [7, 11) is 0. The lowest BCUT2D eigenvalue weighted by Gasteiger charge is -2.25. The number of ether oxygens (including phenoxy) is 1. The smallest absolute Gasteiger partial charge is 0.139 e. The third-order valence-corrected chi connectivity index (χ3v) is 3.66. The monoisotopic (exact) mass is 307 g/mol. The molecule has 2 aromatic carbocycles. The molecule has 2 nitrogen and oxygen atoms in total. The topological polar surface area (TPSA) is 35.2 Å². The molecule has 0 aliphatic rings. The highest BCUT2D eigenvalue weighted by Crippen LogP contribution is 2.29. The fourth-order valence-corrected chi connectivity index (χ4v) is 2.38. The number of aryl methyl sites for hydroxylation is 1. The van der Waals surface area contributed by atoms with Crippen molar-refractivity contribution in [2.45, 2.75) is 32.4 Å². The molecule has 0 spiro atoms. The summed E-state index contributed by atoms with van der Waals surface area (Å²) in [6, 6.07) is 11.7. The lowest BCUT2D eigenvalue weighted by atomic mass is 10.0. The van der Waals surface area contributed by atoms with Crippen LogP contribution in [0.4, 0.5) is 4.39 Å². The second kappa shape index (κ2) is 6.92. The van der Waals surface area contributed by atoms with Gasteiger partial charge >= 0.3 is 0 Å². The predicted molar refractivity (Wildman–Crippen MR) is 84.2 cm³/mol. The van der Waals surface area contributed by atoms with Crippen LogP contribution in [0.25, 0.3) is 0 Å². The third-order valence-electron chi connectivity index (χ3n) is 3.43. The molecule has 0 aliphatic carbocycles. The van der Waals surface area contributed by atoms with Crippen molar-refractivity contribution in [2.75, 3.05) is 0 Å². The Labute approximate surface area is 129 Å². The lowest BCUT2D eigenvalue weighted by molar-refractivity contribution is 0.169. The van der Waals surface area contributed by atoms with Crippen molar-refractivity contribution in [1.29, 1.82) is 0 Å². The normalized spacial score (nSPS) is 13.8. The van der Waals surface area contributed by atoms with Gasteiger partial charge in [-0.2, -0.15) is 0 Å². The summed E-state index contributed by atoms with van der Waals surface area (Å²) >= 11 is 6.05. The largest absolute Gasteiger partial charge is 0.484 e. The van der Waals surface area contributed by atoms with Gasteiger partial charge in [-0.25, -0.2) is 4.39 Å². The van der Waals surface area contributed by atoms with Gasteiger partial charge in [-0.05, 0) is 54.8 Å². The van der Waals surface area contributed by atoms with E-state index in [1.807, 2.05) is 38.1 Å². The first-order valence-electron chi connectivity index (χ1n) is 6.95. The second-order valence-electron chi connectivity index (χ2n) is 5.08. The molecule has 0 bridgehead atoms. The van der Waals surface area contributed by atoms with Gasteiger partial charge in [0.1, 0.15) is 17.7 Å². The van der Waals surface area contributed by atoms with Crippen LogP contribution < -0.4 is 10.5 Å². The molecule has 0 saturated heterocycles. The quantitative estimate of drug-likeness (QED) is 0.873. The molecule has 21 heavy (non-hydrogen) atoms. The highest BCUT2D eigenvalue weighted by Gasteiger charge is 2.21. The Kier molecular flexibility index (Phi) is 5.21. The number of halogens is 2. The van der Waals surface area contributed by atoms with Gasteiger partial charge < -0.3 is 10.5 Å². The highest BCUT2D eigenvalue weighted by atomic mass is 35.5. The fraction of sp³-hybridized carbons (Fsp3) is 0.294. The molecule has 2 atom stereocenters. The lowest BCUT2D eigenvalue weighted by Crippen LogP contribution is -2.31. The zero-order valence-corrected chi connectivity index (χ0v) is 12.9. The molecule has 0 radical (unpaired) electrons. The van der Waals surface area contributed by atoms with Crippen LogP contribution in [0.3, 0.4) is 0 Å². The summed E-state index contributed by atoms with van der Waals surface area (Å²) in [5.41, 5.74) is 7.84. The minimum absolute atomic E-state index is 0.173. The Morgan fingerprint density at radius 2 is 2.00 bits per heavy atom. The molecule has 2 unspecified atom stereocenters. The van der Waals surface area contributed by atoms with Gasteiger partial charge in [0.25, 0.3) is 0 Å². The average molecular weight is 308 g/mol. The third kappa shape index (κ3) is 3.96. The maximum absolute atomic E-state index is 13.2. The number of rotatable bonds is 5. The molecule has 0 amide bonds. The first-order chi connectivity index (χ1) is 10.0. The minimum atomic E-state index is -0.321. The maximum atomic E-state index is 13.2. The average Bonchev–Trinajstić information content (AvgIpc) is 2.45. The van der Waals surface area contributed by atoms with E-state index in [1.165, 1.54) is 12.1 Å².